The second-order valence-electron chi connectivity index (χ2n) is 6.87. The van der Waals surface area contributed by atoms with E-state index in [2.05, 4.69) is 12.2 Å². The van der Waals surface area contributed by atoms with Crippen molar-refractivity contribution < 1.29 is 14.4 Å². The lowest BCUT2D eigenvalue weighted by atomic mass is 9.85. The number of likely N-dealkylation sites (tertiary alicyclic amines) is 1. The fourth-order valence-electron chi connectivity index (χ4n) is 4.36. The number of hydrogen-bond acceptors (Lipinski definition) is 3. The quantitative estimate of drug-likeness (QED) is 0.627. The lowest BCUT2D eigenvalue weighted by Gasteiger charge is -2.20. The number of imide groups is 1. The molecule has 2 fully saturated rings. The van der Waals surface area contributed by atoms with Gasteiger partial charge < -0.3 is 4.90 Å². The van der Waals surface area contributed by atoms with Gasteiger partial charge in [-0.1, -0.05) is 30.4 Å². The summed E-state index contributed by atoms with van der Waals surface area (Å²) >= 11 is 0. The Bertz CT molecular complexity index is 697. The second kappa shape index (κ2) is 5.58. The summed E-state index contributed by atoms with van der Waals surface area (Å²) in [6.45, 7) is 0.181. The van der Waals surface area contributed by atoms with Crippen molar-refractivity contribution in [3.63, 3.8) is 0 Å². The van der Waals surface area contributed by atoms with E-state index in [4.69, 9.17) is 0 Å². The van der Waals surface area contributed by atoms with E-state index in [1.807, 2.05) is 30.3 Å². The molecule has 4 atom stereocenters. The Balaban J connectivity index is 1.41. The molecule has 4 rings (SSSR count). The van der Waals surface area contributed by atoms with Crippen LogP contribution in [0.25, 0.3) is 0 Å². The third-order valence-corrected chi connectivity index (χ3v) is 5.63. The van der Waals surface area contributed by atoms with E-state index in [0.717, 1.165) is 12.1 Å². The number of rotatable bonds is 4. The minimum absolute atomic E-state index is 0.0861. The molecule has 124 valence electrons. The van der Waals surface area contributed by atoms with Crippen LogP contribution in [0.15, 0.2) is 42.5 Å². The molecule has 0 aromatic heterocycles. The highest BCUT2D eigenvalue weighted by atomic mass is 16.2. The normalized spacial score (nSPS) is 30.1. The number of allylic oxidation sites excluding steroid dienone is 2. The van der Waals surface area contributed by atoms with Crippen molar-refractivity contribution in [3.05, 3.63) is 42.5 Å². The van der Waals surface area contributed by atoms with Crippen LogP contribution in [0, 0.1) is 23.7 Å². The lowest BCUT2D eigenvalue weighted by Crippen LogP contribution is -2.37. The van der Waals surface area contributed by atoms with E-state index in [9.17, 15) is 14.4 Å². The van der Waals surface area contributed by atoms with E-state index in [0.29, 0.717) is 0 Å². The molecule has 1 aliphatic heterocycles. The van der Waals surface area contributed by atoms with Crippen LogP contribution < -0.4 is 4.90 Å². The zero-order valence-corrected chi connectivity index (χ0v) is 13.6. The van der Waals surface area contributed by atoms with Crippen molar-refractivity contribution in [2.45, 2.75) is 12.8 Å². The van der Waals surface area contributed by atoms with Crippen LogP contribution in [0.4, 0.5) is 5.69 Å². The summed E-state index contributed by atoms with van der Waals surface area (Å²) < 4.78 is 0. The number of amides is 3. The number of nitrogens with zero attached hydrogens (tertiary/aromatic N) is 2. The molecule has 0 N–H and O–H groups in total. The molecule has 0 spiro atoms. The number of anilines is 1. The van der Waals surface area contributed by atoms with E-state index < -0.39 is 0 Å². The second-order valence-corrected chi connectivity index (χ2v) is 6.87. The van der Waals surface area contributed by atoms with Gasteiger partial charge in [-0.25, -0.2) is 0 Å². The number of benzene rings is 1. The van der Waals surface area contributed by atoms with Crippen LogP contribution >= 0.6 is 0 Å². The fraction of sp³-hybridized carbons (Fsp3) is 0.421. The molecule has 5 nitrogen and oxygen atoms in total. The molecule has 0 unspecified atom stereocenters. The average molecular weight is 324 g/mol. The topological polar surface area (TPSA) is 57.7 Å². The highest BCUT2D eigenvalue weighted by Crippen LogP contribution is 2.52. The Morgan fingerprint density at radius 1 is 1.08 bits per heavy atom. The number of carbonyl (C=O) groups is 3. The van der Waals surface area contributed by atoms with Gasteiger partial charge in [0.25, 0.3) is 0 Å². The van der Waals surface area contributed by atoms with Crippen molar-refractivity contribution in [2.24, 2.45) is 23.7 Å². The summed E-state index contributed by atoms with van der Waals surface area (Å²) in [6, 6.07) is 9.35. The molecular formula is C19H20N2O3. The van der Waals surface area contributed by atoms with E-state index >= 15 is 0 Å². The molecule has 2 aliphatic carbocycles. The maximum atomic E-state index is 12.6. The highest BCUT2D eigenvalue weighted by molar-refractivity contribution is 6.06. The SMILES string of the molecule is CN(C(=O)CCN1C(=O)[C@@H]2[C@H](C1=O)[C@@H]1C=C[C@@H]2C1)c1ccccc1. The molecule has 3 amide bonds. The summed E-state index contributed by atoms with van der Waals surface area (Å²) in [5.41, 5.74) is 0.806. The van der Waals surface area contributed by atoms with Gasteiger partial charge in [-0.05, 0) is 30.4 Å². The molecule has 1 heterocycles. The van der Waals surface area contributed by atoms with Gasteiger partial charge in [0.15, 0.2) is 0 Å². The van der Waals surface area contributed by atoms with Crippen molar-refractivity contribution in [2.75, 3.05) is 18.5 Å². The zero-order valence-electron chi connectivity index (χ0n) is 13.6. The maximum absolute atomic E-state index is 12.6. The van der Waals surface area contributed by atoms with Gasteiger partial charge >= 0.3 is 0 Å². The number of hydrogen-bond donors (Lipinski definition) is 0. The molecule has 3 aliphatic rings. The zero-order chi connectivity index (χ0) is 16.8. The third-order valence-electron chi connectivity index (χ3n) is 5.63. The number of fused-ring (bicyclic) bond motifs is 5. The van der Waals surface area contributed by atoms with Gasteiger partial charge in [-0.3, -0.25) is 19.3 Å². The monoisotopic (exact) mass is 324 g/mol. The Morgan fingerprint density at radius 2 is 1.67 bits per heavy atom. The van der Waals surface area contributed by atoms with Gasteiger partial charge in [-0.2, -0.15) is 0 Å². The van der Waals surface area contributed by atoms with E-state index in [1.54, 1.807) is 11.9 Å². The number of carbonyl (C=O) groups excluding carboxylic acids is 3. The summed E-state index contributed by atoms with van der Waals surface area (Å²) in [6.07, 6.45) is 5.24. The standard InChI is InChI=1S/C19H20N2O3/c1-20(14-5-3-2-4-6-14)15(22)9-10-21-18(23)16-12-7-8-13(11-12)17(16)19(21)24/h2-8,12-13,16-17H,9-11H2,1H3/t12-,13-,16-,17+/m1/s1. The number of para-hydroxylation sites is 1. The molecule has 0 radical (unpaired) electrons. The Kier molecular flexibility index (Phi) is 3.52. The van der Waals surface area contributed by atoms with Crippen LogP contribution in [0.2, 0.25) is 0 Å². The molecule has 1 saturated carbocycles. The van der Waals surface area contributed by atoms with Gasteiger partial charge in [0, 0.05) is 25.7 Å². The lowest BCUT2D eigenvalue weighted by molar-refractivity contribution is -0.140. The highest BCUT2D eigenvalue weighted by Gasteiger charge is 2.59. The maximum Gasteiger partial charge on any atom is 0.233 e. The van der Waals surface area contributed by atoms with Crippen LogP contribution in [-0.4, -0.2) is 36.2 Å². The Hall–Kier alpha value is -2.43. The predicted molar refractivity (Wildman–Crippen MR) is 88.9 cm³/mol. The molecule has 1 aromatic carbocycles. The van der Waals surface area contributed by atoms with Crippen LogP contribution in [0.1, 0.15) is 12.8 Å². The summed E-state index contributed by atoms with van der Waals surface area (Å²) in [5, 5.41) is 0. The van der Waals surface area contributed by atoms with Gasteiger partial charge in [0.1, 0.15) is 0 Å². The molecule has 1 saturated heterocycles. The first-order valence-electron chi connectivity index (χ1n) is 8.43. The van der Waals surface area contributed by atoms with Crippen LogP contribution in [0.5, 0.6) is 0 Å². The van der Waals surface area contributed by atoms with E-state index in [1.165, 1.54) is 4.90 Å². The van der Waals surface area contributed by atoms with Crippen LogP contribution in [-0.2, 0) is 14.4 Å². The van der Waals surface area contributed by atoms with Gasteiger partial charge in [0.05, 0.1) is 11.8 Å². The molecule has 1 aromatic rings. The predicted octanol–water partition coefficient (Wildman–Crippen LogP) is 1.85. The molecular weight excluding hydrogens is 304 g/mol. The average Bonchev–Trinajstić information content (AvgIpc) is 3.28. The minimum atomic E-state index is -0.186. The largest absolute Gasteiger partial charge is 0.315 e. The Labute approximate surface area is 140 Å². The van der Waals surface area contributed by atoms with Crippen molar-refractivity contribution in [1.82, 2.24) is 4.90 Å². The van der Waals surface area contributed by atoms with Crippen molar-refractivity contribution in [3.8, 4) is 0 Å². The molecule has 5 heteroatoms. The van der Waals surface area contributed by atoms with Gasteiger partial charge in [0.2, 0.25) is 17.7 Å². The first-order chi connectivity index (χ1) is 11.6. The first-order valence-corrected chi connectivity index (χ1v) is 8.43. The summed E-state index contributed by atoms with van der Waals surface area (Å²) in [4.78, 5) is 40.4. The third kappa shape index (κ3) is 2.19. The summed E-state index contributed by atoms with van der Waals surface area (Å²) in [7, 11) is 1.71. The van der Waals surface area contributed by atoms with Crippen molar-refractivity contribution >= 4 is 23.4 Å². The van der Waals surface area contributed by atoms with Crippen molar-refractivity contribution in [1.29, 1.82) is 0 Å². The Morgan fingerprint density at radius 3 is 2.25 bits per heavy atom. The minimum Gasteiger partial charge on any atom is -0.315 e. The van der Waals surface area contributed by atoms with E-state index in [-0.39, 0.29) is 54.4 Å². The van der Waals surface area contributed by atoms with Gasteiger partial charge in [-0.15, -0.1) is 0 Å². The first kappa shape index (κ1) is 15.1. The fourth-order valence-corrected chi connectivity index (χ4v) is 4.36. The summed E-state index contributed by atoms with van der Waals surface area (Å²) in [5.74, 6) is -0.216. The molecule has 24 heavy (non-hydrogen) atoms. The van der Waals surface area contributed by atoms with Crippen LogP contribution in [0.3, 0.4) is 0 Å². The molecule has 2 bridgehead atoms. The smallest absolute Gasteiger partial charge is 0.233 e.